The number of imide groups is 1. The van der Waals surface area contributed by atoms with Crippen molar-refractivity contribution in [2.24, 2.45) is 11.8 Å². The van der Waals surface area contributed by atoms with Gasteiger partial charge in [-0.05, 0) is 73.2 Å². The molecule has 0 bridgehead atoms. The molecule has 39 heavy (non-hydrogen) atoms. The van der Waals surface area contributed by atoms with E-state index in [1.54, 1.807) is 12.1 Å². The third kappa shape index (κ3) is 5.50. The van der Waals surface area contributed by atoms with E-state index < -0.39 is 29.6 Å². The number of carbonyl (C=O) groups is 4. The highest BCUT2D eigenvalue weighted by molar-refractivity contribution is 6.22. The van der Waals surface area contributed by atoms with E-state index in [1.165, 1.54) is 34.7 Å². The number of carbonyl (C=O) groups excluding carboxylic acids is 4. The van der Waals surface area contributed by atoms with E-state index in [4.69, 9.17) is 16.3 Å². The average molecular weight is 548 g/mol. The highest BCUT2D eigenvalue weighted by Gasteiger charge is 2.50. The second kappa shape index (κ2) is 11.5. The number of hydrogen-bond acceptors (Lipinski definition) is 5. The van der Waals surface area contributed by atoms with E-state index in [0.29, 0.717) is 18.5 Å². The highest BCUT2D eigenvalue weighted by atomic mass is 35.5. The van der Waals surface area contributed by atoms with Crippen LogP contribution in [-0.2, 0) is 14.3 Å². The number of alkyl halides is 1. The SMILES string of the molecule is O=C(O[C@H](CCCl)C(=O)c1ccc(F)cc1)c1cccc(N2C(=O)[C@H]3C[C@H](c4ccccc4)CC[C@H]3C2=O)c1. The van der Waals surface area contributed by atoms with E-state index in [1.807, 2.05) is 18.2 Å². The van der Waals surface area contributed by atoms with Crippen molar-refractivity contribution in [2.45, 2.75) is 37.7 Å². The van der Waals surface area contributed by atoms with Crippen LogP contribution in [0.4, 0.5) is 10.1 Å². The molecule has 0 radical (unpaired) electrons. The minimum atomic E-state index is -1.17. The second-order valence-electron chi connectivity index (χ2n) is 9.94. The van der Waals surface area contributed by atoms with Gasteiger partial charge in [0, 0.05) is 17.9 Å². The lowest BCUT2D eigenvalue weighted by Crippen LogP contribution is -2.31. The molecular weight excluding hydrogens is 521 g/mol. The second-order valence-corrected chi connectivity index (χ2v) is 10.3. The highest BCUT2D eigenvalue weighted by Crippen LogP contribution is 2.45. The number of amides is 2. The van der Waals surface area contributed by atoms with Crippen LogP contribution in [0.25, 0.3) is 0 Å². The molecule has 3 aromatic carbocycles. The number of Topliss-reactive ketones (excluding diaryl/α,β-unsaturated/α-hetero) is 1. The summed E-state index contributed by atoms with van der Waals surface area (Å²) in [6.07, 6.45) is 0.950. The van der Waals surface area contributed by atoms with Crippen molar-refractivity contribution in [3.05, 3.63) is 101 Å². The summed E-state index contributed by atoms with van der Waals surface area (Å²) in [5.74, 6) is -2.81. The van der Waals surface area contributed by atoms with Crippen LogP contribution in [0.1, 0.15) is 57.9 Å². The minimum absolute atomic E-state index is 0.0639. The molecule has 5 rings (SSSR count). The molecule has 0 unspecified atom stereocenters. The number of ether oxygens (including phenoxy) is 1. The Hall–Kier alpha value is -3.84. The molecule has 2 fully saturated rings. The Morgan fingerprint density at radius 1 is 0.897 bits per heavy atom. The summed E-state index contributed by atoms with van der Waals surface area (Å²) < 4.78 is 18.8. The van der Waals surface area contributed by atoms with Crippen LogP contribution in [-0.4, -0.2) is 35.6 Å². The monoisotopic (exact) mass is 547 g/mol. The molecule has 1 aliphatic heterocycles. The zero-order valence-corrected chi connectivity index (χ0v) is 21.9. The maximum atomic E-state index is 13.4. The number of hydrogen-bond donors (Lipinski definition) is 0. The number of anilines is 1. The summed E-state index contributed by atoms with van der Waals surface area (Å²) >= 11 is 5.85. The van der Waals surface area contributed by atoms with Gasteiger partial charge in [-0.1, -0.05) is 36.4 Å². The summed E-state index contributed by atoms with van der Waals surface area (Å²) in [7, 11) is 0. The summed E-state index contributed by atoms with van der Waals surface area (Å²) in [5.41, 5.74) is 1.75. The maximum Gasteiger partial charge on any atom is 0.338 e. The fourth-order valence-corrected chi connectivity index (χ4v) is 5.77. The molecule has 2 aliphatic rings. The number of halogens is 2. The summed E-state index contributed by atoms with van der Waals surface area (Å²) in [6.45, 7) is 0. The summed E-state index contributed by atoms with van der Waals surface area (Å²) in [6, 6.07) is 21.1. The van der Waals surface area contributed by atoms with Crippen LogP contribution in [0.15, 0.2) is 78.9 Å². The molecule has 1 heterocycles. The molecular formula is C31H27ClFNO5. The Kier molecular flexibility index (Phi) is 7.89. The molecule has 1 saturated heterocycles. The fourth-order valence-electron chi connectivity index (χ4n) is 5.57. The molecule has 1 aliphatic carbocycles. The number of benzene rings is 3. The Balaban J connectivity index is 1.32. The number of ketones is 1. The van der Waals surface area contributed by atoms with Crippen molar-refractivity contribution in [3.63, 3.8) is 0 Å². The number of fused-ring (bicyclic) bond motifs is 1. The topological polar surface area (TPSA) is 80.8 Å². The van der Waals surface area contributed by atoms with Crippen LogP contribution in [0.3, 0.4) is 0 Å². The molecule has 3 aromatic rings. The van der Waals surface area contributed by atoms with E-state index >= 15 is 0 Å². The van der Waals surface area contributed by atoms with E-state index in [9.17, 15) is 23.6 Å². The fraction of sp³-hybridized carbons (Fsp3) is 0.290. The first kappa shape index (κ1) is 26.8. The van der Waals surface area contributed by atoms with Gasteiger partial charge < -0.3 is 4.74 Å². The van der Waals surface area contributed by atoms with E-state index in [0.717, 1.165) is 18.6 Å². The Bertz CT molecular complexity index is 1390. The third-order valence-corrected chi connectivity index (χ3v) is 7.80. The lowest BCUT2D eigenvalue weighted by Gasteiger charge is -2.28. The van der Waals surface area contributed by atoms with Crippen LogP contribution in [0.2, 0.25) is 0 Å². The third-order valence-electron chi connectivity index (χ3n) is 7.58. The Morgan fingerprint density at radius 2 is 1.62 bits per heavy atom. The average Bonchev–Trinajstić information content (AvgIpc) is 3.22. The van der Waals surface area contributed by atoms with Gasteiger partial charge in [0.1, 0.15) is 5.82 Å². The largest absolute Gasteiger partial charge is 0.450 e. The maximum absolute atomic E-state index is 13.4. The summed E-state index contributed by atoms with van der Waals surface area (Å²) in [5, 5.41) is 0. The first-order valence-corrected chi connectivity index (χ1v) is 13.5. The predicted molar refractivity (Wildman–Crippen MR) is 144 cm³/mol. The van der Waals surface area contributed by atoms with Gasteiger partial charge in [0.2, 0.25) is 17.6 Å². The van der Waals surface area contributed by atoms with Crippen molar-refractivity contribution in [1.29, 1.82) is 0 Å². The van der Waals surface area contributed by atoms with Crippen LogP contribution < -0.4 is 4.90 Å². The van der Waals surface area contributed by atoms with Crippen molar-refractivity contribution < 1.29 is 28.3 Å². The molecule has 8 heteroatoms. The van der Waals surface area contributed by atoms with Crippen molar-refractivity contribution in [1.82, 2.24) is 0 Å². The van der Waals surface area contributed by atoms with Crippen molar-refractivity contribution in [2.75, 3.05) is 10.8 Å². The minimum Gasteiger partial charge on any atom is -0.450 e. The lowest BCUT2D eigenvalue weighted by atomic mass is 9.73. The number of rotatable bonds is 8. The first-order chi connectivity index (χ1) is 18.9. The molecule has 2 amide bonds. The smallest absolute Gasteiger partial charge is 0.338 e. The molecule has 0 N–H and O–H groups in total. The predicted octanol–water partition coefficient (Wildman–Crippen LogP) is 5.94. The van der Waals surface area contributed by atoms with Crippen molar-refractivity contribution >= 4 is 40.9 Å². The summed E-state index contributed by atoms with van der Waals surface area (Å²) in [4.78, 5) is 53.9. The Labute approximate surface area is 230 Å². The van der Waals surface area contributed by atoms with E-state index in [-0.39, 0.29) is 47.1 Å². The number of esters is 1. The molecule has 6 nitrogen and oxygen atoms in total. The molecule has 0 aromatic heterocycles. The molecule has 4 atom stereocenters. The van der Waals surface area contributed by atoms with Gasteiger partial charge in [0.05, 0.1) is 23.1 Å². The van der Waals surface area contributed by atoms with Crippen LogP contribution in [0.5, 0.6) is 0 Å². The van der Waals surface area contributed by atoms with Gasteiger partial charge in [0.15, 0.2) is 6.10 Å². The molecule has 0 spiro atoms. The molecule has 1 saturated carbocycles. The quantitative estimate of drug-likeness (QED) is 0.151. The van der Waals surface area contributed by atoms with Crippen molar-refractivity contribution in [3.8, 4) is 0 Å². The van der Waals surface area contributed by atoms with Gasteiger partial charge >= 0.3 is 5.97 Å². The lowest BCUT2D eigenvalue weighted by molar-refractivity contribution is -0.122. The van der Waals surface area contributed by atoms with Gasteiger partial charge in [-0.15, -0.1) is 11.6 Å². The normalized spacial score (nSPS) is 21.4. The zero-order chi connectivity index (χ0) is 27.5. The van der Waals surface area contributed by atoms with E-state index in [2.05, 4.69) is 12.1 Å². The zero-order valence-electron chi connectivity index (χ0n) is 21.1. The van der Waals surface area contributed by atoms with Gasteiger partial charge in [0.25, 0.3) is 0 Å². The van der Waals surface area contributed by atoms with Gasteiger partial charge in [-0.2, -0.15) is 0 Å². The first-order valence-electron chi connectivity index (χ1n) is 13.0. The molecule has 200 valence electrons. The van der Waals surface area contributed by atoms with Gasteiger partial charge in [-0.25, -0.2) is 9.18 Å². The van der Waals surface area contributed by atoms with Gasteiger partial charge in [-0.3, -0.25) is 19.3 Å². The number of nitrogens with zero attached hydrogens (tertiary/aromatic N) is 1. The standard InChI is InChI=1S/C31H27ClFNO5/c32-16-15-27(28(35)20-9-12-23(33)13-10-20)39-31(38)22-7-4-8-24(17-22)34-29(36)25-14-11-21(18-26(25)30(34)37)19-5-2-1-3-6-19/h1-10,12-13,17,21,25-27H,11,14-16,18H2/t21-,25-,26+,27-/m1/s1. The van der Waals surface area contributed by atoms with Crippen LogP contribution >= 0.6 is 11.6 Å². The van der Waals surface area contributed by atoms with Crippen LogP contribution in [0, 0.1) is 17.7 Å². The Morgan fingerprint density at radius 3 is 2.33 bits per heavy atom.